The first-order valence-electron chi connectivity index (χ1n) is 14.3. The Morgan fingerprint density at radius 1 is 1.15 bits per heavy atom. The van der Waals surface area contributed by atoms with Gasteiger partial charge in [-0.05, 0) is 86.3 Å². The zero-order valence-corrected chi connectivity index (χ0v) is 24.9. The molecule has 7 nitrogen and oxygen atoms in total. The number of rotatable bonds is 11. The molecule has 2 aliphatic rings. The number of ether oxygens (including phenoxy) is 2. The number of fused-ring (bicyclic) bond motifs is 2. The predicted octanol–water partition coefficient (Wildman–Crippen LogP) is 5.57. The fourth-order valence-corrected chi connectivity index (χ4v) is 7.05. The molecule has 0 spiro atoms. The zero-order chi connectivity index (χ0) is 28.2. The van der Waals surface area contributed by atoms with Crippen molar-refractivity contribution in [2.75, 3.05) is 51.9 Å². The molecule has 3 atom stereocenters. The molecule has 1 saturated carbocycles. The van der Waals surface area contributed by atoms with E-state index >= 15 is 0 Å². The lowest BCUT2D eigenvalue weighted by Gasteiger charge is -2.37. The van der Waals surface area contributed by atoms with E-state index in [-0.39, 0.29) is 5.91 Å². The topological polar surface area (TPSA) is 75.1 Å². The van der Waals surface area contributed by atoms with E-state index in [9.17, 15) is 9.90 Å². The molecule has 1 unspecified atom stereocenters. The summed E-state index contributed by atoms with van der Waals surface area (Å²) in [5.41, 5.74) is 5.85. The number of piperidine rings is 1. The number of nitrogens with zero attached hydrogens (tertiary/aromatic N) is 3. The Morgan fingerprint density at radius 3 is 2.62 bits per heavy atom. The van der Waals surface area contributed by atoms with E-state index in [0.29, 0.717) is 49.7 Å². The molecule has 0 radical (unpaired) electrons. The van der Waals surface area contributed by atoms with Crippen molar-refractivity contribution in [3.8, 4) is 17.0 Å². The van der Waals surface area contributed by atoms with Crippen LogP contribution in [0.4, 0.5) is 5.13 Å². The fraction of sp³-hybridized carbons (Fsp3) is 0.500. The van der Waals surface area contributed by atoms with Crippen LogP contribution in [0.3, 0.4) is 0 Å². The van der Waals surface area contributed by atoms with Crippen LogP contribution in [0.25, 0.3) is 11.3 Å². The first kappa shape index (κ1) is 28.6. The minimum Gasteiger partial charge on any atom is -0.488 e. The lowest BCUT2D eigenvalue weighted by atomic mass is 9.86. The molecule has 1 saturated heterocycles. The smallest absolute Gasteiger partial charge is 0.253 e. The Balaban J connectivity index is 1.27. The highest BCUT2D eigenvalue weighted by atomic mass is 32.1. The number of thiazole rings is 1. The second-order valence-electron chi connectivity index (χ2n) is 11.4. The number of aromatic nitrogens is 1. The summed E-state index contributed by atoms with van der Waals surface area (Å²) in [6, 6.07) is 12.1. The van der Waals surface area contributed by atoms with E-state index in [0.717, 1.165) is 58.3 Å². The minimum absolute atomic E-state index is 0.0143. The van der Waals surface area contributed by atoms with Gasteiger partial charge in [-0.2, -0.15) is 0 Å². The van der Waals surface area contributed by atoms with Gasteiger partial charge in [0.05, 0.1) is 5.69 Å². The number of carbonyl (C=O) groups is 1. The Hall–Kier alpha value is -2.94. The summed E-state index contributed by atoms with van der Waals surface area (Å²) in [5.74, 6) is 2.40. The van der Waals surface area contributed by atoms with Crippen LogP contribution in [0, 0.1) is 31.6 Å². The van der Waals surface area contributed by atoms with Crippen molar-refractivity contribution in [2.45, 2.75) is 39.7 Å². The molecule has 2 fully saturated rings. The summed E-state index contributed by atoms with van der Waals surface area (Å²) >= 11 is 1.69. The van der Waals surface area contributed by atoms with Gasteiger partial charge in [0, 0.05) is 63.5 Å². The molecule has 214 valence electrons. The standard InChI is InChI=1S/C32H41N3O4S/c1-21-6-11-30(39-19-26-10-7-23(15-22(26)2)31(37)34(3)12-5-13-38-4)27(14-21)29-20-40-32(33-29)35-16-24-8-9-25(17-35)28(24)18-36/h6-7,10-11,14-15,20,24-25,28,36H,5,8-9,12-13,16-19H2,1-4H3/t24-,25+,28?. The third-order valence-electron chi connectivity index (χ3n) is 8.57. The summed E-state index contributed by atoms with van der Waals surface area (Å²) in [5, 5.41) is 13.0. The Morgan fingerprint density at radius 2 is 1.93 bits per heavy atom. The van der Waals surface area contributed by atoms with Gasteiger partial charge >= 0.3 is 0 Å². The maximum Gasteiger partial charge on any atom is 0.253 e. The summed E-state index contributed by atoms with van der Waals surface area (Å²) in [4.78, 5) is 22.0. The Bertz CT molecular complexity index is 1310. The number of amides is 1. The van der Waals surface area contributed by atoms with Gasteiger partial charge in [-0.15, -0.1) is 11.3 Å². The lowest BCUT2D eigenvalue weighted by molar-refractivity contribution is 0.0779. The number of aliphatic hydroxyl groups excluding tert-OH is 1. The molecular weight excluding hydrogens is 522 g/mol. The molecule has 1 aliphatic carbocycles. The normalized spacial score (nSPS) is 20.1. The predicted molar refractivity (Wildman–Crippen MR) is 160 cm³/mol. The van der Waals surface area contributed by atoms with Gasteiger partial charge in [-0.1, -0.05) is 17.7 Å². The van der Waals surface area contributed by atoms with E-state index in [2.05, 4.69) is 29.3 Å². The van der Waals surface area contributed by atoms with Crippen LogP contribution in [0.2, 0.25) is 0 Å². The quantitative estimate of drug-likeness (QED) is 0.308. The average molecular weight is 564 g/mol. The Kier molecular flexibility index (Phi) is 9.08. The molecule has 1 aromatic heterocycles. The summed E-state index contributed by atoms with van der Waals surface area (Å²) < 4.78 is 11.5. The molecule has 5 rings (SSSR count). The number of benzene rings is 2. The molecule has 3 aromatic rings. The number of aliphatic hydroxyl groups is 1. The van der Waals surface area contributed by atoms with Crippen LogP contribution in [-0.4, -0.2) is 67.9 Å². The van der Waals surface area contributed by atoms with Crippen molar-refractivity contribution in [2.24, 2.45) is 17.8 Å². The monoisotopic (exact) mass is 563 g/mol. The van der Waals surface area contributed by atoms with Gasteiger partial charge in [-0.3, -0.25) is 4.79 Å². The number of methoxy groups -OCH3 is 1. The van der Waals surface area contributed by atoms with Crippen LogP contribution < -0.4 is 9.64 Å². The zero-order valence-electron chi connectivity index (χ0n) is 24.1. The number of hydrogen-bond donors (Lipinski definition) is 1. The first-order valence-corrected chi connectivity index (χ1v) is 15.1. The molecule has 40 heavy (non-hydrogen) atoms. The van der Waals surface area contributed by atoms with Crippen LogP contribution >= 0.6 is 11.3 Å². The van der Waals surface area contributed by atoms with Gasteiger partial charge in [0.25, 0.3) is 5.91 Å². The van der Waals surface area contributed by atoms with Crippen molar-refractivity contribution in [3.05, 3.63) is 64.0 Å². The highest BCUT2D eigenvalue weighted by Crippen LogP contribution is 2.44. The minimum atomic E-state index is 0.0143. The van der Waals surface area contributed by atoms with Gasteiger partial charge in [0.2, 0.25) is 0 Å². The number of aryl methyl sites for hydroxylation is 2. The van der Waals surface area contributed by atoms with E-state index in [4.69, 9.17) is 14.5 Å². The maximum absolute atomic E-state index is 12.8. The number of hydrogen-bond acceptors (Lipinski definition) is 7. The van der Waals surface area contributed by atoms with Gasteiger partial charge in [0.1, 0.15) is 12.4 Å². The lowest BCUT2D eigenvalue weighted by Crippen LogP contribution is -2.43. The molecule has 1 N–H and O–H groups in total. The molecule has 1 aliphatic heterocycles. The van der Waals surface area contributed by atoms with Gasteiger partial charge < -0.3 is 24.4 Å². The van der Waals surface area contributed by atoms with Crippen molar-refractivity contribution < 1.29 is 19.4 Å². The van der Waals surface area contributed by atoms with Crippen molar-refractivity contribution in [1.29, 1.82) is 0 Å². The average Bonchev–Trinajstić information content (AvgIpc) is 3.54. The highest BCUT2D eigenvalue weighted by molar-refractivity contribution is 7.14. The molecule has 8 heteroatoms. The second kappa shape index (κ2) is 12.7. The number of carbonyl (C=O) groups excluding carboxylic acids is 1. The molecule has 2 aromatic carbocycles. The fourth-order valence-electron chi connectivity index (χ4n) is 6.21. The van der Waals surface area contributed by atoms with Crippen LogP contribution in [0.1, 0.15) is 46.3 Å². The highest BCUT2D eigenvalue weighted by Gasteiger charge is 2.42. The van der Waals surface area contributed by atoms with Crippen LogP contribution in [0.15, 0.2) is 41.8 Å². The van der Waals surface area contributed by atoms with E-state index < -0.39 is 0 Å². The largest absolute Gasteiger partial charge is 0.488 e. The summed E-state index contributed by atoms with van der Waals surface area (Å²) in [6.07, 6.45) is 3.23. The molecule has 2 bridgehead atoms. The first-order chi connectivity index (χ1) is 19.4. The van der Waals surface area contributed by atoms with Gasteiger partial charge in [-0.25, -0.2) is 4.98 Å². The third kappa shape index (κ3) is 6.19. The number of anilines is 1. The van der Waals surface area contributed by atoms with Gasteiger partial charge in [0.15, 0.2) is 5.13 Å². The maximum atomic E-state index is 12.8. The van der Waals surface area contributed by atoms with Crippen LogP contribution in [0.5, 0.6) is 5.75 Å². The SMILES string of the molecule is COCCCN(C)C(=O)c1ccc(COc2ccc(C)cc2-c2csc(N3C[C@H]4CC[C@@H](C3)C4CO)n2)c(C)c1. The van der Waals surface area contributed by atoms with E-state index in [1.807, 2.05) is 38.2 Å². The molecule has 2 heterocycles. The summed E-state index contributed by atoms with van der Waals surface area (Å²) in [7, 11) is 3.50. The molecule has 1 amide bonds. The van der Waals surface area contributed by atoms with Crippen molar-refractivity contribution in [1.82, 2.24) is 9.88 Å². The second-order valence-corrected chi connectivity index (χ2v) is 12.2. The van der Waals surface area contributed by atoms with Crippen molar-refractivity contribution >= 4 is 22.4 Å². The van der Waals surface area contributed by atoms with Crippen molar-refractivity contribution in [3.63, 3.8) is 0 Å². The third-order valence-corrected chi connectivity index (χ3v) is 9.48. The van der Waals surface area contributed by atoms with E-state index in [1.165, 1.54) is 12.8 Å². The van der Waals surface area contributed by atoms with E-state index in [1.54, 1.807) is 23.3 Å². The summed E-state index contributed by atoms with van der Waals surface area (Å²) in [6.45, 7) is 8.09. The Labute approximate surface area is 241 Å². The molecular formula is C32H41N3O4S. The van der Waals surface area contributed by atoms with Crippen LogP contribution in [-0.2, 0) is 11.3 Å².